The molecule has 18 heavy (non-hydrogen) atoms. The normalized spacial score (nSPS) is 18.4. The van der Waals surface area contributed by atoms with Crippen LogP contribution in [0.25, 0.3) is 0 Å². The number of rotatable bonds is 3. The maximum Gasteiger partial charge on any atom is 0.234 e. The van der Waals surface area contributed by atoms with E-state index >= 15 is 0 Å². The number of benzene rings is 1. The quantitative estimate of drug-likeness (QED) is 0.834. The highest BCUT2D eigenvalue weighted by molar-refractivity contribution is 6.05. The minimum atomic E-state index is -0.482. The van der Waals surface area contributed by atoms with E-state index in [1.807, 2.05) is 37.3 Å². The summed E-state index contributed by atoms with van der Waals surface area (Å²) >= 11 is 0. The average molecular weight is 244 g/mol. The van der Waals surface area contributed by atoms with E-state index in [1.165, 1.54) is 0 Å². The van der Waals surface area contributed by atoms with Crippen LogP contribution in [0.1, 0.15) is 6.92 Å². The highest BCUT2D eigenvalue weighted by atomic mass is 16.1. The fourth-order valence-corrected chi connectivity index (χ4v) is 1.72. The Kier molecular flexibility index (Phi) is 3.62. The number of carbonyl (C=O) groups excluding carboxylic acids is 1. The largest absolute Gasteiger partial charge is 0.385 e. The van der Waals surface area contributed by atoms with Gasteiger partial charge >= 0.3 is 0 Å². The summed E-state index contributed by atoms with van der Waals surface area (Å²) in [6.45, 7) is 2.45. The Balaban J connectivity index is 2.14. The predicted octanol–water partition coefficient (Wildman–Crippen LogP) is 1.04. The van der Waals surface area contributed by atoms with E-state index in [2.05, 4.69) is 10.4 Å². The van der Waals surface area contributed by atoms with Crippen molar-refractivity contribution in [1.82, 2.24) is 5.32 Å². The molecule has 2 rings (SSSR count). The first-order valence-electron chi connectivity index (χ1n) is 5.86. The highest BCUT2D eigenvalue weighted by Crippen LogP contribution is 2.18. The number of para-hydroxylation sites is 1. The van der Waals surface area contributed by atoms with Gasteiger partial charge < -0.3 is 11.1 Å². The molecule has 5 nitrogen and oxygen atoms in total. The third kappa shape index (κ3) is 2.51. The van der Waals surface area contributed by atoms with Gasteiger partial charge in [0.05, 0.1) is 5.69 Å². The van der Waals surface area contributed by atoms with Gasteiger partial charge in [-0.3, -0.25) is 4.79 Å². The Morgan fingerprint density at radius 3 is 2.78 bits per heavy atom. The van der Waals surface area contributed by atoms with E-state index < -0.39 is 5.92 Å². The van der Waals surface area contributed by atoms with Gasteiger partial charge in [0.15, 0.2) is 0 Å². The zero-order valence-corrected chi connectivity index (χ0v) is 10.2. The summed E-state index contributed by atoms with van der Waals surface area (Å²) in [5.41, 5.74) is 6.74. The molecule has 1 unspecified atom stereocenters. The molecule has 1 aromatic carbocycles. The summed E-state index contributed by atoms with van der Waals surface area (Å²) in [6, 6.07) is 9.62. The Labute approximate surface area is 106 Å². The number of amidine groups is 1. The van der Waals surface area contributed by atoms with Crippen LogP contribution in [0.4, 0.5) is 5.69 Å². The predicted molar refractivity (Wildman–Crippen MR) is 71.9 cm³/mol. The lowest BCUT2D eigenvalue weighted by Gasteiger charge is -2.22. The van der Waals surface area contributed by atoms with Crippen molar-refractivity contribution in [1.29, 1.82) is 0 Å². The summed E-state index contributed by atoms with van der Waals surface area (Å²) in [5.74, 6) is -0.306. The summed E-state index contributed by atoms with van der Waals surface area (Å²) in [5, 5.41) is 8.61. The number of amides is 1. The molecule has 0 saturated carbocycles. The van der Waals surface area contributed by atoms with E-state index in [-0.39, 0.29) is 5.91 Å². The van der Waals surface area contributed by atoms with Crippen LogP contribution < -0.4 is 16.1 Å². The number of nitrogens with one attached hydrogen (secondary N) is 1. The van der Waals surface area contributed by atoms with Crippen LogP contribution in [-0.2, 0) is 4.79 Å². The Morgan fingerprint density at radius 2 is 2.17 bits per heavy atom. The summed E-state index contributed by atoms with van der Waals surface area (Å²) < 4.78 is 0. The molecular formula is C13H16N4O. The topological polar surface area (TPSA) is 70.7 Å². The maximum absolute atomic E-state index is 11.7. The van der Waals surface area contributed by atoms with Crippen LogP contribution in [0.5, 0.6) is 0 Å². The smallest absolute Gasteiger partial charge is 0.234 e. The second-order valence-corrected chi connectivity index (χ2v) is 3.92. The van der Waals surface area contributed by atoms with E-state index in [1.54, 1.807) is 17.3 Å². The highest BCUT2D eigenvalue weighted by Gasteiger charge is 2.23. The fourth-order valence-electron chi connectivity index (χ4n) is 1.72. The number of nitrogens with zero attached hydrogens (tertiary/aromatic N) is 2. The average Bonchev–Trinajstić information content (AvgIpc) is 2.40. The van der Waals surface area contributed by atoms with Crippen molar-refractivity contribution < 1.29 is 4.79 Å². The molecule has 3 N–H and O–H groups in total. The van der Waals surface area contributed by atoms with Gasteiger partial charge in [-0.2, -0.15) is 5.10 Å². The molecule has 1 atom stereocenters. The Morgan fingerprint density at radius 1 is 1.44 bits per heavy atom. The molecule has 0 bridgehead atoms. The molecule has 94 valence electrons. The number of hydrazone groups is 1. The molecule has 1 aromatic rings. The molecular weight excluding hydrogens is 228 g/mol. The van der Waals surface area contributed by atoms with Crippen LogP contribution in [0.15, 0.2) is 47.7 Å². The van der Waals surface area contributed by atoms with Crippen molar-refractivity contribution in [2.45, 2.75) is 6.92 Å². The van der Waals surface area contributed by atoms with Crippen molar-refractivity contribution in [3.8, 4) is 0 Å². The van der Waals surface area contributed by atoms with E-state index in [9.17, 15) is 4.79 Å². The lowest BCUT2D eigenvalue weighted by Crippen LogP contribution is -2.40. The van der Waals surface area contributed by atoms with Crippen molar-refractivity contribution in [3.05, 3.63) is 42.6 Å². The van der Waals surface area contributed by atoms with Gasteiger partial charge in [0.1, 0.15) is 11.8 Å². The monoisotopic (exact) mass is 244 g/mol. The molecule has 1 aliphatic rings. The molecule has 0 spiro atoms. The first-order chi connectivity index (χ1) is 8.72. The van der Waals surface area contributed by atoms with Gasteiger partial charge in [-0.15, -0.1) is 0 Å². The van der Waals surface area contributed by atoms with Crippen LogP contribution in [0.3, 0.4) is 0 Å². The van der Waals surface area contributed by atoms with E-state index in [4.69, 9.17) is 5.73 Å². The van der Waals surface area contributed by atoms with Crippen LogP contribution in [0, 0.1) is 5.92 Å². The first kappa shape index (κ1) is 12.2. The zero-order chi connectivity index (χ0) is 13.0. The van der Waals surface area contributed by atoms with Crippen LogP contribution >= 0.6 is 0 Å². The molecule has 1 aliphatic heterocycles. The lowest BCUT2D eigenvalue weighted by atomic mass is 10.1. The van der Waals surface area contributed by atoms with Crippen molar-refractivity contribution in [2.24, 2.45) is 16.8 Å². The molecule has 0 fully saturated rings. The van der Waals surface area contributed by atoms with Crippen molar-refractivity contribution in [3.63, 3.8) is 0 Å². The molecule has 0 radical (unpaired) electrons. The van der Waals surface area contributed by atoms with Gasteiger partial charge in [0.2, 0.25) is 5.91 Å². The molecule has 5 heteroatoms. The van der Waals surface area contributed by atoms with Crippen molar-refractivity contribution >= 4 is 17.4 Å². The molecule has 1 heterocycles. The van der Waals surface area contributed by atoms with Crippen molar-refractivity contribution in [2.75, 3.05) is 11.6 Å². The van der Waals surface area contributed by atoms with Crippen LogP contribution in [0.2, 0.25) is 0 Å². The van der Waals surface area contributed by atoms with Gasteiger partial charge in [0.25, 0.3) is 0 Å². The number of hydrogen-bond acceptors (Lipinski definition) is 4. The number of hydrogen-bond donors (Lipinski definition) is 2. The second-order valence-electron chi connectivity index (χ2n) is 3.92. The van der Waals surface area contributed by atoms with Gasteiger partial charge in [-0.05, 0) is 25.1 Å². The fraction of sp³-hybridized carbons (Fsp3) is 0.231. The molecule has 0 saturated heterocycles. The van der Waals surface area contributed by atoms with E-state index in [0.29, 0.717) is 12.4 Å². The molecule has 1 amide bonds. The van der Waals surface area contributed by atoms with Gasteiger partial charge in [-0.1, -0.05) is 18.2 Å². The van der Waals surface area contributed by atoms with Gasteiger partial charge in [0, 0.05) is 12.7 Å². The lowest BCUT2D eigenvalue weighted by molar-refractivity contribution is -0.121. The maximum atomic E-state index is 11.7. The summed E-state index contributed by atoms with van der Waals surface area (Å²) in [7, 11) is 0. The summed E-state index contributed by atoms with van der Waals surface area (Å²) in [4.78, 5) is 11.7. The Hall–Kier alpha value is -2.30. The van der Waals surface area contributed by atoms with E-state index in [0.717, 1.165) is 5.69 Å². The third-order valence-corrected chi connectivity index (χ3v) is 2.62. The minimum Gasteiger partial charge on any atom is -0.385 e. The van der Waals surface area contributed by atoms with Crippen LogP contribution in [-0.4, -0.2) is 18.3 Å². The zero-order valence-electron chi connectivity index (χ0n) is 10.2. The number of nitrogens with two attached hydrogens (primary N) is 1. The molecule has 0 aromatic heterocycles. The SMILES string of the molecule is CCNC(=O)C1C=CN(c2ccccc2)N=C1N. The minimum absolute atomic E-state index is 0.122. The number of carbonyl (C=O) groups is 1. The second kappa shape index (κ2) is 5.35. The standard InChI is InChI=1S/C13H16N4O/c1-2-15-13(18)11-8-9-17(16-12(11)14)10-6-4-3-5-7-10/h3-9,11H,2H2,1H3,(H2,14,16)(H,15,18). The summed E-state index contributed by atoms with van der Waals surface area (Å²) in [6.07, 6.45) is 3.51. The Bertz CT molecular complexity index is 481. The number of anilines is 1. The first-order valence-corrected chi connectivity index (χ1v) is 5.86. The third-order valence-electron chi connectivity index (χ3n) is 2.62. The molecule has 0 aliphatic carbocycles. The van der Waals surface area contributed by atoms with Gasteiger partial charge in [-0.25, -0.2) is 5.01 Å².